The van der Waals surface area contributed by atoms with Crippen LogP contribution in [0.5, 0.6) is 0 Å². The lowest BCUT2D eigenvalue weighted by molar-refractivity contribution is -0.123. The number of urea groups is 1. The second-order valence-electron chi connectivity index (χ2n) is 7.67. The summed E-state index contributed by atoms with van der Waals surface area (Å²) in [4.78, 5) is 35.7. The largest absolute Gasteiger partial charge is 0.452 e. The molecule has 2 rings (SSSR count). The van der Waals surface area contributed by atoms with Crippen LogP contribution in [-0.2, 0) is 19.6 Å². The SMILES string of the molecule is CC(C)CCNC(=O)NC(=O)COC(=O)c1cc(S(=O)(=O)N2CCCCC2)ccc1Cl. The van der Waals surface area contributed by atoms with Crippen LogP contribution in [0.15, 0.2) is 23.1 Å². The fraction of sp³-hybridized carbons (Fsp3) is 0.550. The van der Waals surface area contributed by atoms with E-state index in [0.29, 0.717) is 25.6 Å². The van der Waals surface area contributed by atoms with E-state index in [1.165, 1.54) is 16.4 Å². The quantitative estimate of drug-likeness (QED) is 0.559. The van der Waals surface area contributed by atoms with Crippen LogP contribution in [0.3, 0.4) is 0 Å². The number of rotatable bonds is 8. The van der Waals surface area contributed by atoms with Crippen molar-refractivity contribution in [2.45, 2.75) is 44.4 Å². The van der Waals surface area contributed by atoms with Gasteiger partial charge in [-0.3, -0.25) is 10.1 Å². The highest BCUT2D eigenvalue weighted by molar-refractivity contribution is 7.89. The van der Waals surface area contributed by atoms with Crippen molar-refractivity contribution in [3.8, 4) is 0 Å². The molecule has 11 heteroatoms. The second kappa shape index (κ2) is 11.4. The number of ether oxygens (including phenoxy) is 1. The molecule has 1 saturated heterocycles. The van der Waals surface area contributed by atoms with Gasteiger partial charge in [0.1, 0.15) is 0 Å². The summed E-state index contributed by atoms with van der Waals surface area (Å²) in [5.74, 6) is -1.38. The van der Waals surface area contributed by atoms with Crippen LogP contribution in [0.25, 0.3) is 0 Å². The Bertz CT molecular complexity index is 913. The van der Waals surface area contributed by atoms with E-state index < -0.39 is 34.5 Å². The second-order valence-corrected chi connectivity index (χ2v) is 10.0. The molecule has 1 aliphatic rings. The maximum atomic E-state index is 12.8. The van der Waals surface area contributed by atoms with Crippen LogP contribution < -0.4 is 10.6 Å². The van der Waals surface area contributed by atoms with Crippen molar-refractivity contribution in [1.82, 2.24) is 14.9 Å². The van der Waals surface area contributed by atoms with Crippen molar-refractivity contribution in [1.29, 1.82) is 0 Å². The van der Waals surface area contributed by atoms with Gasteiger partial charge in [-0.15, -0.1) is 0 Å². The Hall–Kier alpha value is -2.17. The van der Waals surface area contributed by atoms with Crippen LogP contribution in [-0.4, -0.2) is 56.9 Å². The third kappa shape index (κ3) is 7.48. The van der Waals surface area contributed by atoms with E-state index in [2.05, 4.69) is 10.6 Å². The van der Waals surface area contributed by atoms with Crippen molar-refractivity contribution in [3.63, 3.8) is 0 Å². The number of imide groups is 1. The van der Waals surface area contributed by atoms with Crippen LogP contribution in [0, 0.1) is 5.92 Å². The molecule has 0 radical (unpaired) electrons. The standard InChI is InChI=1S/C20H28ClN3O6S/c1-14(2)8-9-22-20(27)23-18(25)13-30-19(26)16-12-15(6-7-17(16)21)31(28,29)24-10-4-3-5-11-24/h6-7,12,14H,3-5,8-11,13H2,1-2H3,(H2,22,23,25,27). The highest BCUT2D eigenvalue weighted by atomic mass is 35.5. The van der Waals surface area contributed by atoms with Crippen molar-refractivity contribution in [3.05, 3.63) is 28.8 Å². The Labute approximate surface area is 187 Å². The number of amides is 3. The molecule has 2 N–H and O–H groups in total. The van der Waals surface area contributed by atoms with Crippen LogP contribution in [0.1, 0.15) is 49.9 Å². The first kappa shape index (κ1) is 25.1. The Morgan fingerprint density at radius 3 is 2.48 bits per heavy atom. The van der Waals surface area contributed by atoms with Gasteiger partial charge < -0.3 is 10.1 Å². The zero-order valence-electron chi connectivity index (χ0n) is 17.6. The molecule has 1 aromatic rings. The number of esters is 1. The van der Waals surface area contributed by atoms with Crippen molar-refractivity contribution in [2.75, 3.05) is 26.2 Å². The lowest BCUT2D eigenvalue weighted by Crippen LogP contribution is -2.42. The first-order valence-corrected chi connectivity index (χ1v) is 12.0. The van der Waals surface area contributed by atoms with E-state index in [-0.39, 0.29) is 15.5 Å². The third-order valence-electron chi connectivity index (χ3n) is 4.71. The monoisotopic (exact) mass is 473 g/mol. The normalized spacial score (nSPS) is 14.8. The summed E-state index contributed by atoms with van der Waals surface area (Å²) in [6.45, 7) is 4.54. The number of halogens is 1. The van der Waals surface area contributed by atoms with Gasteiger partial charge in [0.2, 0.25) is 10.0 Å². The van der Waals surface area contributed by atoms with Crippen molar-refractivity contribution >= 4 is 39.5 Å². The summed E-state index contributed by atoms with van der Waals surface area (Å²) in [6, 6.07) is 3.09. The summed E-state index contributed by atoms with van der Waals surface area (Å²) >= 11 is 6.04. The van der Waals surface area contributed by atoms with Gasteiger partial charge in [-0.05, 0) is 43.4 Å². The minimum atomic E-state index is -3.76. The number of sulfonamides is 1. The van der Waals surface area contributed by atoms with E-state index in [0.717, 1.165) is 31.7 Å². The first-order valence-electron chi connectivity index (χ1n) is 10.2. The number of hydrogen-bond donors (Lipinski definition) is 2. The summed E-state index contributed by atoms with van der Waals surface area (Å²) in [6.07, 6.45) is 3.29. The number of carbonyl (C=O) groups excluding carboxylic acids is 3. The molecule has 1 aliphatic heterocycles. The molecule has 3 amide bonds. The molecule has 172 valence electrons. The average Bonchev–Trinajstić information content (AvgIpc) is 2.72. The highest BCUT2D eigenvalue weighted by Gasteiger charge is 2.27. The molecule has 0 aliphatic carbocycles. The predicted octanol–water partition coefficient (Wildman–Crippen LogP) is 2.54. The fourth-order valence-electron chi connectivity index (χ4n) is 2.97. The van der Waals surface area contributed by atoms with Crippen LogP contribution in [0.2, 0.25) is 5.02 Å². The zero-order valence-corrected chi connectivity index (χ0v) is 19.2. The molecular weight excluding hydrogens is 446 g/mol. The Morgan fingerprint density at radius 2 is 1.84 bits per heavy atom. The Morgan fingerprint density at radius 1 is 1.16 bits per heavy atom. The van der Waals surface area contributed by atoms with Crippen molar-refractivity contribution < 1.29 is 27.5 Å². The summed E-state index contributed by atoms with van der Waals surface area (Å²) in [5.41, 5.74) is -0.172. The van der Waals surface area contributed by atoms with Gasteiger partial charge >= 0.3 is 12.0 Å². The molecule has 0 aromatic heterocycles. The minimum absolute atomic E-state index is 0.00516. The van der Waals surface area contributed by atoms with E-state index in [9.17, 15) is 22.8 Å². The molecule has 1 aromatic carbocycles. The Balaban J connectivity index is 1.96. The molecule has 0 atom stereocenters. The maximum absolute atomic E-state index is 12.8. The zero-order chi connectivity index (χ0) is 23.0. The minimum Gasteiger partial charge on any atom is -0.452 e. The van der Waals surface area contributed by atoms with Gasteiger partial charge in [-0.25, -0.2) is 18.0 Å². The average molecular weight is 474 g/mol. The smallest absolute Gasteiger partial charge is 0.340 e. The fourth-order valence-corrected chi connectivity index (χ4v) is 4.70. The lowest BCUT2D eigenvalue weighted by atomic mass is 10.1. The molecule has 31 heavy (non-hydrogen) atoms. The lowest BCUT2D eigenvalue weighted by Gasteiger charge is -2.26. The van der Waals surface area contributed by atoms with Crippen LogP contribution >= 0.6 is 11.6 Å². The molecule has 9 nitrogen and oxygen atoms in total. The molecule has 0 spiro atoms. The summed E-state index contributed by atoms with van der Waals surface area (Å²) in [5, 5.41) is 4.57. The molecular formula is C20H28ClN3O6S. The van der Waals surface area contributed by atoms with Gasteiger partial charge in [0.15, 0.2) is 6.61 Å². The highest BCUT2D eigenvalue weighted by Crippen LogP contribution is 2.25. The number of piperidine rings is 1. The van der Waals surface area contributed by atoms with E-state index in [1.807, 2.05) is 13.8 Å². The first-order chi connectivity index (χ1) is 14.6. The molecule has 0 bridgehead atoms. The number of nitrogens with zero attached hydrogens (tertiary/aromatic N) is 1. The van der Waals surface area contributed by atoms with Gasteiger partial charge in [0, 0.05) is 19.6 Å². The number of hydrogen-bond acceptors (Lipinski definition) is 6. The molecule has 0 saturated carbocycles. The Kier molecular flexibility index (Phi) is 9.27. The topological polar surface area (TPSA) is 122 Å². The van der Waals surface area contributed by atoms with Crippen LogP contribution in [0.4, 0.5) is 4.79 Å². The van der Waals surface area contributed by atoms with E-state index >= 15 is 0 Å². The molecule has 1 heterocycles. The van der Waals surface area contributed by atoms with E-state index in [1.54, 1.807) is 0 Å². The van der Waals surface area contributed by atoms with Gasteiger partial charge in [0.05, 0.1) is 15.5 Å². The summed E-state index contributed by atoms with van der Waals surface area (Å²) < 4.78 is 31.9. The molecule has 1 fully saturated rings. The van der Waals surface area contributed by atoms with E-state index in [4.69, 9.17) is 16.3 Å². The third-order valence-corrected chi connectivity index (χ3v) is 6.93. The number of benzene rings is 1. The predicted molar refractivity (Wildman–Crippen MR) is 115 cm³/mol. The van der Waals surface area contributed by atoms with Crippen molar-refractivity contribution in [2.24, 2.45) is 5.92 Å². The van der Waals surface area contributed by atoms with Gasteiger partial charge in [-0.2, -0.15) is 4.31 Å². The number of carbonyl (C=O) groups is 3. The molecule has 0 unspecified atom stereocenters. The van der Waals surface area contributed by atoms with Gasteiger partial charge in [-0.1, -0.05) is 31.9 Å². The number of nitrogens with one attached hydrogen (secondary N) is 2. The maximum Gasteiger partial charge on any atom is 0.340 e. The van der Waals surface area contributed by atoms with Gasteiger partial charge in [0.25, 0.3) is 5.91 Å². The summed E-state index contributed by atoms with van der Waals surface area (Å²) in [7, 11) is -3.76.